The monoisotopic (exact) mass is 564 g/mol. The number of anilines is 1. The highest BCUT2D eigenvalue weighted by molar-refractivity contribution is 8.23. The number of hydrogen-bond acceptors (Lipinski definition) is 6. The first-order chi connectivity index (χ1) is 19.0. The number of aromatic nitrogens is 3. The van der Waals surface area contributed by atoms with Crippen LogP contribution in [0.25, 0.3) is 21.9 Å². The van der Waals surface area contributed by atoms with Gasteiger partial charge < -0.3 is 20.5 Å². The van der Waals surface area contributed by atoms with Crippen molar-refractivity contribution in [2.24, 2.45) is 0 Å². The topological polar surface area (TPSA) is 72.0 Å². The van der Waals surface area contributed by atoms with Crippen molar-refractivity contribution in [1.29, 1.82) is 0 Å². The molecule has 1 saturated heterocycles. The van der Waals surface area contributed by atoms with Gasteiger partial charge in [0.1, 0.15) is 15.7 Å². The van der Waals surface area contributed by atoms with Crippen molar-refractivity contribution in [3.63, 3.8) is 0 Å². The van der Waals surface area contributed by atoms with Crippen LogP contribution in [0.3, 0.4) is 0 Å². The second-order valence-corrected chi connectivity index (χ2v) is 12.2. The fourth-order valence-electron chi connectivity index (χ4n) is 5.26. The molecule has 0 atom stereocenters. The average Bonchev–Trinajstić information content (AvgIpc) is 3.53. The minimum absolute atomic E-state index is 0.526. The predicted molar refractivity (Wildman–Crippen MR) is 173 cm³/mol. The molecule has 1 fully saturated rings. The van der Waals surface area contributed by atoms with Crippen molar-refractivity contribution in [2.45, 2.75) is 84.1 Å². The van der Waals surface area contributed by atoms with E-state index < -0.39 is 0 Å². The molecule has 0 aliphatic carbocycles. The first kappa shape index (κ1) is 29.4. The molecule has 0 bridgehead atoms. The van der Waals surface area contributed by atoms with Crippen molar-refractivity contribution in [2.75, 3.05) is 24.6 Å². The lowest BCUT2D eigenvalue weighted by Crippen LogP contribution is -2.21. The standard InChI is InChI=1S/C31H44N6S2/c1-4-5-18-27-35-28-29(25-16-10-11-17-26(25)34-30(28)32)37(27)20-13-12-19-33-23(2)14-8-6-7-9-15-24(3)36-21-22-39-31(36)38/h10-11,16-17,33H,2-9,12-15,18-22H2,1H3,(H2,32,34). The summed E-state index contributed by atoms with van der Waals surface area (Å²) in [6.07, 6.45) is 12.3. The molecule has 2 aromatic heterocycles. The van der Waals surface area contributed by atoms with Gasteiger partial charge in [0.2, 0.25) is 0 Å². The zero-order valence-corrected chi connectivity index (χ0v) is 25.1. The summed E-state index contributed by atoms with van der Waals surface area (Å²) in [6.45, 7) is 13.6. The summed E-state index contributed by atoms with van der Waals surface area (Å²) in [5.74, 6) is 2.75. The molecule has 210 valence electrons. The highest BCUT2D eigenvalue weighted by Gasteiger charge is 2.19. The molecule has 4 rings (SSSR count). The Balaban J connectivity index is 1.18. The highest BCUT2D eigenvalue weighted by atomic mass is 32.2. The van der Waals surface area contributed by atoms with Crippen LogP contribution >= 0.6 is 24.0 Å². The number of nitrogen functional groups attached to an aromatic ring is 1. The normalized spacial score (nSPS) is 13.6. The number of para-hydroxylation sites is 1. The largest absolute Gasteiger partial charge is 0.389 e. The number of pyridine rings is 1. The molecule has 39 heavy (non-hydrogen) atoms. The van der Waals surface area contributed by atoms with Gasteiger partial charge >= 0.3 is 0 Å². The Kier molecular flexibility index (Phi) is 11.1. The van der Waals surface area contributed by atoms with E-state index in [1.165, 1.54) is 31.4 Å². The second kappa shape index (κ2) is 14.7. The molecule has 1 aliphatic heterocycles. The van der Waals surface area contributed by atoms with Crippen molar-refractivity contribution in [3.05, 3.63) is 54.6 Å². The van der Waals surface area contributed by atoms with E-state index >= 15 is 0 Å². The van der Waals surface area contributed by atoms with Crippen LogP contribution in [0.15, 0.2) is 48.8 Å². The minimum atomic E-state index is 0.526. The van der Waals surface area contributed by atoms with Crippen LogP contribution in [0.1, 0.15) is 77.0 Å². The van der Waals surface area contributed by atoms with E-state index in [4.69, 9.17) is 22.9 Å². The van der Waals surface area contributed by atoms with E-state index in [9.17, 15) is 0 Å². The van der Waals surface area contributed by atoms with E-state index in [1.807, 2.05) is 12.1 Å². The molecule has 3 heterocycles. The molecule has 8 heteroatoms. The Bertz CT molecular complexity index is 1300. The van der Waals surface area contributed by atoms with Gasteiger partial charge in [-0.15, -0.1) is 0 Å². The summed E-state index contributed by atoms with van der Waals surface area (Å²) in [5, 5.41) is 4.68. The number of imidazole rings is 1. The Hall–Kier alpha value is -2.58. The number of nitrogens with two attached hydrogens (primary N) is 1. The Labute approximate surface area is 243 Å². The number of nitrogens with one attached hydrogen (secondary N) is 1. The number of nitrogens with zero attached hydrogens (tertiary/aromatic N) is 4. The van der Waals surface area contributed by atoms with Gasteiger partial charge in [0.25, 0.3) is 0 Å². The molecule has 6 nitrogen and oxygen atoms in total. The third-order valence-corrected chi connectivity index (χ3v) is 8.89. The van der Waals surface area contributed by atoms with Gasteiger partial charge in [-0.3, -0.25) is 0 Å². The lowest BCUT2D eigenvalue weighted by molar-refractivity contribution is 0.523. The molecular weight excluding hydrogens is 521 g/mol. The summed E-state index contributed by atoms with van der Waals surface area (Å²) in [4.78, 5) is 11.8. The molecule has 1 aliphatic rings. The molecule has 0 amide bonds. The van der Waals surface area contributed by atoms with Crippen LogP contribution < -0.4 is 11.1 Å². The van der Waals surface area contributed by atoms with Gasteiger partial charge in [-0.2, -0.15) is 0 Å². The van der Waals surface area contributed by atoms with E-state index in [0.717, 1.165) is 108 Å². The zero-order chi connectivity index (χ0) is 27.6. The second-order valence-electron chi connectivity index (χ2n) is 10.5. The molecule has 0 saturated carbocycles. The Morgan fingerprint density at radius 3 is 2.62 bits per heavy atom. The molecule has 3 N–H and O–H groups in total. The number of thioether (sulfide) groups is 1. The Morgan fingerprint density at radius 2 is 1.85 bits per heavy atom. The summed E-state index contributed by atoms with van der Waals surface area (Å²) in [5.41, 5.74) is 11.6. The molecule has 0 radical (unpaired) electrons. The molecule has 0 spiro atoms. The van der Waals surface area contributed by atoms with Crippen molar-refractivity contribution in [3.8, 4) is 0 Å². The fraction of sp³-hybridized carbons (Fsp3) is 0.516. The summed E-state index contributed by atoms with van der Waals surface area (Å²) < 4.78 is 3.39. The van der Waals surface area contributed by atoms with Gasteiger partial charge in [0.15, 0.2) is 5.82 Å². The third kappa shape index (κ3) is 7.76. The van der Waals surface area contributed by atoms with Crippen LogP contribution in [0.4, 0.5) is 5.82 Å². The molecular formula is C31H44N6S2. The van der Waals surface area contributed by atoms with Gasteiger partial charge in [0, 0.05) is 48.6 Å². The maximum Gasteiger partial charge on any atom is 0.152 e. The lowest BCUT2D eigenvalue weighted by atomic mass is 10.1. The van der Waals surface area contributed by atoms with Crippen molar-refractivity contribution < 1.29 is 0 Å². The number of rotatable bonds is 17. The first-order valence-corrected chi connectivity index (χ1v) is 16.0. The number of benzene rings is 1. The molecule has 0 unspecified atom stereocenters. The van der Waals surface area contributed by atoms with Gasteiger partial charge in [-0.1, -0.05) is 81.5 Å². The average molecular weight is 565 g/mol. The maximum absolute atomic E-state index is 6.34. The molecule has 3 aromatic rings. The third-order valence-electron chi connectivity index (χ3n) is 7.46. The van der Waals surface area contributed by atoms with Crippen LogP contribution in [0, 0.1) is 0 Å². The number of fused-ring (bicyclic) bond motifs is 3. The zero-order valence-electron chi connectivity index (χ0n) is 23.5. The molecule has 1 aromatic carbocycles. The minimum Gasteiger partial charge on any atom is -0.389 e. The van der Waals surface area contributed by atoms with Crippen molar-refractivity contribution >= 4 is 56.1 Å². The fourth-order valence-corrected chi connectivity index (χ4v) is 6.55. The lowest BCUT2D eigenvalue weighted by Gasteiger charge is -2.19. The summed E-state index contributed by atoms with van der Waals surface area (Å²) >= 11 is 7.17. The summed E-state index contributed by atoms with van der Waals surface area (Å²) in [7, 11) is 0. The van der Waals surface area contributed by atoms with Gasteiger partial charge in [-0.25, -0.2) is 9.97 Å². The summed E-state index contributed by atoms with van der Waals surface area (Å²) in [6, 6.07) is 8.25. The van der Waals surface area contributed by atoms with Crippen LogP contribution in [0.2, 0.25) is 0 Å². The van der Waals surface area contributed by atoms with Crippen LogP contribution in [-0.2, 0) is 13.0 Å². The number of thiocarbonyl (C=S) groups is 1. The van der Waals surface area contributed by atoms with Gasteiger partial charge in [0.05, 0.1) is 11.0 Å². The number of aryl methyl sites for hydroxylation is 2. The SMILES string of the molecule is C=C(CCCCCCC(=C)N1CCSC1=S)NCCCCn1c(CCCC)nc2c(N)nc3ccccc3c21. The Morgan fingerprint density at radius 1 is 1.05 bits per heavy atom. The number of unbranched alkanes of at least 4 members (excludes halogenated alkanes) is 5. The van der Waals surface area contributed by atoms with E-state index in [0.29, 0.717) is 5.82 Å². The van der Waals surface area contributed by atoms with Crippen LogP contribution in [0.5, 0.6) is 0 Å². The maximum atomic E-state index is 6.34. The first-order valence-electron chi connectivity index (χ1n) is 14.6. The smallest absolute Gasteiger partial charge is 0.152 e. The predicted octanol–water partition coefficient (Wildman–Crippen LogP) is 7.58. The van der Waals surface area contributed by atoms with E-state index in [2.05, 4.69) is 52.0 Å². The van der Waals surface area contributed by atoms with Gasteiger partial charge in [-0.05, 0) is 51.0 Å². The van der Waals surface area contributed by atoms with Crippen molar-refractivity contribution in [1.82, 2.24) is 24.8 Å². The quantitative estimate of drug-likeness (QED) is 0.129. The van der Waals surface area contributed by atoms with E-state index in [1.54, 1.807) is 11.8 Å². The number of hydrogen-bond donors (Lipinski definition) is 2. The number of allylic oxidation sites excluding steroid dienone is 2. The van der Waals surface area contributed by atoms with E-state index in [-0.39, 0.29) is 0 Å². The van der Waals surface area contributed by atoms with Crippen LogP contribution in [-0.4, -0.2) is 42.6 Å². The highest BCUT2D eigenvalue weighted by Crippen LogP contribution is 2.30.